The van der Waals surface area contributed by atoms with Crippen LogP contribution in [-0.2, 0) is 25.8 Å². The Balaban J connectivity index is 1.38. The molecule has 3 aromatic carbocycles. The number of nitrogens with zero attached hydrogens (tertiary/aromatic N) is 4. The van der Waals surface area contributed by atoms with Gasteiger partial charge in [-0.15, -0.1) is 0 Å². The van der Waals surface area contributed by atoms with Gasteiger partial charge in [-0.25, -0.2) is 4.79 Å². The topological polar surface area (TPSA) is 119 Å². The highest BCUT2D eigenvalue weighted by atomic mass is 79.9. The van der Waals surface area contributed by atoms with E-state index in [-0.39, 0.29) is 52.5 Å². The van der Waals surface area contributed by atoms with Crippen LogP contribution in [0, 0.1) is 0 Å². The molecule has 0 aliphatic carbocycles. The average Bonchev–Trinajstić information content (AvgIpc) is 3.43. The van der Waals surface area contributed by atoms with Crippen molar-refractivity contribution in [3.05, 3.63) is 134 Å². The van der Waals surface area contributed by atoms with Crippen molar-refractivity contribution in [3.8, 4) is 22.7 Å². The lowest BCUT2D eigenvalue weighted by Gasteiger charge is -2.34. The fourth-order valence-corrected chi connectivity index (χ4v) is 6.58. The van der Waals surface area contributed by atoms with E-state index in [2.05, 4.69) is 26.2 Å². The van der Waals surface area contributed by atoms with Gasteiger partial charge < -0.3 is 20.1 Å². The van der Waals surface area contributed by atoms with Crippen LogP contribution < -0.4 is 15.7 Å². The minimum Gasteiger partial charge on any atom is -0.490 e. The van der Waals surface area contributed by atoms with E-state index in [1.807, 2.05) is 18.2 Å². The van der Waals surface area contributed by atoms with Gasteiger partial charge in [0.15, 0.2) is 5.60 Å². The summed E-state index contributed by atoms with van der Waals surface area (Å²) in [5, 5.41) is 12.6. The number of ether oxygens (including phenoxy) is 1. The summed E-state index contributed by atoms with van der Waals surface area (Å²) in [6, 6.07) is 20.2. The molecule has 2 amide bonds. The van der Waals surface area contributed by atoms with Crippen molar-refractivity contribution in [1.82, 2.24) is 24.3 Å². The second-order valence-electron chi connectivity index (χ2n) is 13.1. The molecule has 5 aromatic rings. The fourth-order valence-electron chi connectivity index (χ4n) is 6.11. The molecule has 1 aliphatic heterocycles. The highest BCUT2D eigenvalue weighted by Gasteiger charge is 2.50. The molecule has 288 valence electrons. The van der Waals surface area contributed by atoms with Gasteiger partial charge in [-0.1, -0.05) is 46.3 Å². The van der Waals surface area contributed by atoms with E-state index in [1.165, 1.54) is 39.8 Å². The number of pyridine rings is 1. The highest BCUT2D eigenvalue weighted by molar-refractivity contribution is 9.10. The second-order valence-corrected chi connectivity index (χ2v) is 14.0. The van der Waals surface area contributed by atoms with Crippen molar-refractivity contribution in [2.45, 2.75) is 57.5 Å². The number of rotatable bonds is 9. The van der Waals surface area contributed by atoms with E-state index >= 15 is 0 Å². The molecular weight excluding hydrogens is 800 g/mol. The first-order valence-corrected chi connectivity index (χ1v) is 17.5. The number of amides is 2. The van der Waals surface area contributed by atoms with Crippen LogP contribution in [0.1, 0.15) is 51.5 Å². The predicted molar refractivity (Wildman–Crippen MR) is 192 cm³/mol. The SMILES string of the molecule is C[C@H]1Cn2c(c(C(=O)NCc3ccccc3-c3ccccn3)n(-c3ccc(OC[C@](C)(O)C(F)(F)F)cc3)c2=O)CN1C(=O)c1ccc(Br)c(C(F)(F)F)c1. The van der Waals surface area contributed by atoms with Crippen LogP contribution in [0.3, 0.4) is 0 Å². The summed E-state index contributed by atoms with van der Waals surface area (Å²) >= 11 is 2.88. The molecule has 3 heterocycles. The number of alkyl halides is 6. The van der Waals surface area contributed by atoms with Gasteiger partial charge in [0.2, 0.25) is 0 Å². The molecule has 10 nitrogen and oxygen atoms in total. The summed E-state index contributed by atoms with van der Waals surface area (Å²) < 4.78 is 88.1. The number of imidazole rings is 1. The van der Waals surface area contributed by atoms with Gasteiger partial charge in [0, 0.05) is 40.9 Å². The van der Waals surface area contributed by atoms with E-state index in [1.54, 1.807) is 37.4 Å². The molecule has 55 heavy (non-hydrogen) atoms. The van der Waals surface area contributed by atoms with Crippen molar-refractivity contribution in [2.75, 3.05) is 6.61 Å². The minimum atomic E-state index is -4.96. The first kappa shape index (κ1) is 39.3. The molecule has 0 spiro atoms. The van der Waals surface area contributed by atoms with Crippen molar-refractivity contribution in [1.29, 1.82) is 0 Å². The number of benzene rings is 3. The Bertz CT molecular complexity index is 2290. The third-order valence-corrected chi connectivity index (χ3v) is 9.85. The molecule has 0 radical (unpaired) electrons. The van der Waals surface area contributed by atoms with Gasteiger partial charge in [0.1, 0.15) is 18.1 Å². The third-order valence-electron chi connectivity index (χ3n) is 9.16. The molecule has 6 rings (SSSR count). The zero-order valence-electron chi connectivity index (χ0n) is 29.1. The highest BCUT2D eigenvalue weighted by Crippen LogP contribution is 2.36. The lowest BCUT2D eigenvalue weighted by molar-refractivity contribution is -0.260. The lowest BCUT2D eigenvalue weighted by atomic mass is 10.0. The van der Waals surface area contributed by atoms with Crippen molar-refractivity contribution < 1.29 is 45.8 Å². The maximum absolute atomic E-state index is 14.2. The first-order valence-electron chi connectivity index (χ1n) is 16.7. The van der Waals surface area contributed by atoms with Crippen LogP contribution in [0.15, 0.2) is 100 Å². The molecule has 0 saturated carbocycles. The molecule has 2 N–H and O–H groups in total. The maximum atomic E-state index is 14.2. The van der Waals surface area contributed by atoms with Crippen molar-refractivity contribution in [3.63, 3.8) is 0 Å². The Morgan fingerprint density at radius 1 is 0.982 bits per heavy atom. The van der Waals surface area contributed by atoms with Crippen molar-refractivity contribution in [2.24, 2.45) is 0 Å². The van der Waals surface area contributed by atoms with Crippen LogP contribution in [0.2, 0.25) is 0 Å². The second kappa shape index (κ2) is 15.0. The van der Waals surface area contributed by atoms with Crippen LogP contribution in [0.4, 0.5) is 26.3 Å². The summed E-state index contributed by atoms with van der Waals surface area (Å²) in [4.78, 5) is 47.8. The summed E-state index contributed by atoms with van der Waals surface area (Å²) in [5.41, 5.74) is -3.01. The summed E-state index contributed by atoms with van der Waals surface area (Å²) in [6.07, 6.45) is -8.09. The molecule has 0 fully saturated rings. The van der Waals surface area contributed by atoms with Crippen LogP contribution in [-0.4, -0.2) is 60.4 Å². The van der Waals surface area contributed by atoms with Gasteiger partial charge in [-0.3, -0.25) is 23.7 Å². The number of fused-ring (bicyclic) bond motifs is 1. The lowest BCUT2D eigenvalue weighted by Crippen LogP contribution is -2.47. The van der Waals surface area contributed by atoms with E-state index in [0.29, 0.717) is 18.2 Å². The number of nitrogens with one attached hydrogen (secondary N) is 1. The number of halogens is 7. The number of carbonyl (C=O) groups is 2. The Morgan fingerprint density at radius 2 is 1.67 bits per heavy atom. The number of carbonyl (C=O) groups excluding carboxylic acids is 2. The summed E-state index contributed by atoms with van der Waals surface area (Å²) in [7, 11) is 0. The van der Waals surface area contributed by atoms with Gasteiger partial charge in [0.25, 0.3) is 11.8 Å². The molecule has 0 bridgehead atoms. The smallest absolute Gasteiger partial charge is 0.420 e. The molecular formula is C38H32BrF6N5O5. The zero-order valence-corrected chi connectivity index (χ0v) is 30.7. The quantitative estimate of drug-likeness (QED) is 0.153. The van der Waals surface area contributed by atoms with E-state index in [0.717, 1.165) is 22.3 Å². The van der Waals surface area contributed by atoms with E-state index < -0.39 is 53.7 Å². The fraction of sp³-hybridized carbons (Fsp3) is 0.263. The maximum Gasteiger partial charge on any atom is 0.420 e. The average molecular weight is 833 g/mol. The largest absolute Gasteiger partial charge is 0.490 e. The van der Waals surface area contributed by atoms with Crippen molar-refractivity contribution >= 4 is 27.7 Å². The van der Waals surface area contributed by atoms with Gasteiger partial charge in [-0.2, -0.15) is 26.3 Å². The van der Waals surface area contributed by atoms with Crippen LogP contribution >= 0.6 is 15.9 Å². The minimum absolute atomic E-state index is 0.0194. The molecule has 17 heteroatoms. The predicted octanol–water partition coefficient (Wildman–Crippen LogP) is 7.15. The molecule has 1 aliphatic rings. The van der Waals surface area contributed by atoms with E-state index in [4.69, 9.17) is 4.74 Å². The Kier molecular flexibility index (Phi) is 10.7. The van der Waals surface area contributed by atoms with Crippen LogP contribution in [0.25, 0.3) is 16.9 Å². The summed E-state index contributed by atoms with van der Waals surface area (Å²) in [5.74, 6) is -1.56. The first-order chi connectivity index (χ1) is 25.9. The monoisotopic (exact) mass is 831 g/mol. The number of hydrogen-bond acceptors (Lipinski definition) is 6. The van der Waals surface area contributed by atoms with Gasteiger partial charge >= 0.3 is 18.0 Å². The van der Waals surface area contributed by atoms with Crippen LogP contribution in [0.5, 0.6) is 5.75 Å². The Labute approximate surface area is 318 Å². The molecule has 0 unspecified atom stereocenters. The standard InChI is InChI=1S/C38H32BrF6N5O5/c1-22-19-49-31(20-48(22)34(52)23-10-15-29(39)28(17-23)37(40,41)42)32(33(51)47-18-24-7-3-4-8-27(24)30-9-5-6-16-46-30)50(35(49)53)25-11-13-26(14-12-25)55-21-36(2,54)38(43,44)45/h3-17,22,54H,18-21H2,1-2H3,(H,47,51)/t22-,36-/m0/s1. The number of aliphatic hydroxyl groups is 1. The van der Waals surface area contributed by atoms with E-state index in [9.17, 15) is 45.8 Å². The molecule has 0 saturated heterocycles. The number of hydrogen-bond donors (Lipinski definition) is 2. The van der Waals surface area contributed by atoms with Gasteiger partial charge in [-0.05, 0) is 74.0 Å². The Morgan fingerprint density at radius 3 is 2.33 bits per heavy atom. The third kappa shape index (κ3) is 8.03. The Hall–Kier alpha value is -5.42. The number of aromatic nitrogens is 3. The van der Waals surface area contributed by atoms with Gasteiger partial charge in [0.05, 0.1) is 29.2 Å². The summed E-state index contributed by atoms with van der Waals surface area (Å²) in [6.45, 7) is 0.591. The zero-order chi connectivity index (χ0) is 39.9. The normalized spacial score (nSPS) is 15.6. The molecule has 2 atom stereocenters. The molecule has 2 aromatic heterocycles.